The zero-order chi connectivity index (χ0) is 13.7. The fraction of sp³-hybridized carbons (Fsp3) is 0.545. The van der Waals surface area contributed by atoms with E-state index in [1.54, 1.807) is 0 Å². The molecule has 0 bridgehead atoms. The largest absolute Gasteiger partial charge is 0.480 e. The maximum atomic E-state index is 10.8. The quantitative estimate of drug-likeness (QED) is 0.782. The van der Waals surface area contributed by atoms with Gasteiger partial charge in [-0.1, -0.05) is 0 Å². The van der Waals surface area contributed by atoms with Crippen LogP contribution in [0.25, 0.3) is 0 Å². The van der Waals surface area contributed by atoms with E-state index in [0.29, 0.717) is 17.8 Å². The van der Waals surface area contributed by atoms with Crippen LogP contribution in [-0.4, -0.2) is 54.6 Å². The molecule has 7 heteroatoms. The molecule has 18 heavy (non-hydrogen) atoms. The summed E-state index contributed by atoms with van der Waals surface area (Å²) in [5.74, 6) is -0.104. The number of hydrogen-bond acceptors (Lipinski definition) is 4. The molecule has 0 fully saturated rings. The lowest BCUT2D eigenvalue weighted by Crippen LogP contribution is -2.35. The van der Waals surface area contributed by atoms with Crippen molar-refractivity contribution in [3.05, 3.63) is 21.0 Å². The Balaban J connectivity index is 2.62. The number of carboxylic acid groups (broad SMARTS) is 1. The molecule has 1 N–H and O–H groups in total. The molecule has 0 aliphatic carbocycles. The van der Waals surface area contributed by atoms with Gasteiger partial charge >= 0.3 is 5.97 Å². The van der Waals surface area contributed by atoms with Crippen LogP contribution in [0.2, 0.25) is 0 Å². The standard InChI is InChI=1S/C11H16Br2N2O3/c1-14(2)3-4-15(7-10(16)17)6-8-5-9(12)11(13)18-8/h5H,3-4,6-7H2,1-2H3,(H,16,17). The third-order valence-corrected chi connectivity index (χ3v) is 4.01. The van der Waals surface area contributed by atoms with Crippen LogP contribution in [0.3, 0.4) is 0 Å². The Bertz CT molecular complexity index is 387. The van der Waals surface area contributed by atoms with Gasteiger partial charge in [0.15, 0.2) is 4.67 Å². The van der Waals surface area contributed by atoms with Gasteiger partial charge in [-0.3, -0.25) is 9.69 Å². The van der Waals surface area contributed by atoms with Gasteiger partial charge in [0.2, 0.25) is 0 Å². The zero-order valence-electron chi connectivity index (χ0n) is 10.3. The summed E-state index contributed by atoms with van der Waals surface area (Å²) in [6.07, 6.45) is 0. The van der Waals surface area contributed by atoms with Crippen LogP contribution in [0.15, 0.2) is 19.6 Å². The molecule has 1 aromatic rings. The normalized spacial score (nSPS) is 11.4. The van der Waals surface area contributed by atoms with Gasteiger partial charge in [0, 0.05) is 13.1 Å². The Labute approximate surface area is 123 Å². The Morgan fingerprint density at radius 1 is 1.39 bits per heavy atom. The first kappa shape index (κ1) is 15.7. The van der Waals surface area contributed by atoms with Gasteiger partial charge < -0.3 is 14.4 Å². The minimum Gasteiger partial charge on any atom is -0.480 e. The molecule has 0 aliphatic heterocycles. The molecule has 0 aliphatic rings. The Hall–Kier alpha value is -0.370. The number of carboxylic acids is 1. The van der Waals surface area contributed by atoms with Crippen LogP contribution in [0, 0.1) is 0 Å². The lowest BCUT2D eigenvalue weighted by Gasteiger charge is -2.21. The number of likely N-dealkylation sites (N-methyl/N-ethyl adjacent to an activating group) is 1. The van der Waals surface area contributed by atoms with Crippen molar-refractivity contribution in [2.24, 2.45) is 0 Å². The molecule has 0 radical (unpaired) electrons. The summed E-state index contributed by atoms with van der Waals surface area (Å²) >= 11 is 6.60. The van der Waals surface area contributed by atoms with Crippen molar-refractivity contribution in [2.45, 2.75) is 6.54 Å². The molecule has 0 saturated heterocycles. The first-order valence-corrected chi connectivity index (χ1v) is 6.99. The molecule has 0 unspecified atom stereocenters. The molecule has 0 spiro atoms. The molecule has 1 rings (SSSR count). The summed E-state index contributed by atoms with van der Waals surface area (Å²) in [5, 5.41) is 8.88. The Morgan fingerprint density at radius 2 is 2.06 bits per heavy atom. The number of rotatable bonds is 7. The summed E-state index contributed by atoms with van der Waals surface area (Å²) in [7, 11) is 3.91. The van der Waals surface area contributed by atoms with Crippen LogP contribution in [0.4, 0.5) is 0 Å². The SMILES string of the molecule is CN(C)CCN(CC(=O)O)Cc1cc(Br)c(Br)o1. The van der Waals surface area contributed by atoms with E-state index in [2.05, 4.69) is 31.9 Å². The van der Waals surface area contributed by atoms with E-state index >= 15 is 0 Å². The van der Waals surface area contributed by atoms with Crippen LogP contribution >= 0.6 is 31.9 Å². The van der Waals surface area contributed by atoms with Crippen molar-refractivity contribution < 1.29 is 14.3 Å². The summed E-state index contributed by atoms with van der Waals surface area (Å²) in [6.45, 7) is 1.96. The summed E-state index contributed by atoms with van der Waals surface area (Å²) in [4.78, 5) is 14.7. The number of carbonyl (C=O) groups is 1. The van der Waals surface area contributed by atoms with Crippen molar-refractivity contribution in [1.82, 2.24) is 9.80 Å². The fourth-order valence-corrected chi connectivity index (χ4v) is 2.10. The van der Waals surface area contributed by atoms with E-state index < -0.39 is 5.97 Å². The van der Waals surface area contributed by atoms with Gasteiger partial charge in [-0.2, -0.15) is 0 Å². The lowest BCUT2D eigenvalue weighted by molar-refractivity contribution is -0.138. The minimum absolute atomic E-state index is 0.00375. The maximum Gasteiger partial charge on any atom is 0.317 e. The lowest BCUT2D eigenvalue weighted by atomic mass is 10.3. The summed E-state index contributed by atoms with van der Waals surface area (Å²) in [6, 6.07) is 1.84. The molecule has 1 aromatic heterocycles. The van der Waals surface area contributed by atoms with E-state index in [1.807, 2.05) is 30.0 Å². The van der Waals surface area contributed by atoms with Crippen molar-refractivity contribution in [3.63, 3.8) is 0 Å². The highest BCUT2D eigenvalue weighted by atomic mass is 79.9. The van der Waals surface area contributed by atoms with Gasteiger partial charge in [-0.25, -0.2) is 0 Å². The first-order valence-electron chi connectivity index (χ1n) is 5.41. The first-order chi connectivity index (χ1) is 8.38. The third-order valence-electron chi connectivity index (χ3n) is 2.30. The molecule has 1 heterocycles. The third kappa shape index (κ3) is 5.51. The highest BCUT2D eigenvalue weighted by Crippen LogP contribution is 2.27. The number of hydrogen-bond donors (Lipinski definition) is 1. The Kier molecular flexibility index (Phi) is 6.34. The fourth-order valence-electron chi connectivity index (χ4n) is 1.44. The second kappa shape index (κ2) is 7.28. The van der Waals surface area contributed by atoms with Crippen molar-refractivity contribution in [2.75, 3.05) is 33.7 Å². The second-order valence-electron chi connectivity index (χ2n) is 4.24. The highest BCUT2D eigenvalue weighted by Gasteiger charge is 2.14. The Morgan fingerprint density at radius 3 is 2.50 bits per heavy atom. The number of nitrogens with zero attached hydrogens (tertiary/aromatic N) is 2. The van der Waals surface area contributed by atoms with Crippen LogP contribution < -0.4 is 0 Å². The average molecular weight is 384 g/mol. The van der Waals surface area contributed by atoms with E-state index in [4.69, 9.17) is 9.52 Å². The number of furan rings is 1. The summed E-state index contributed by atoms with van der Waals surface area (Å²) in [5.41, 5.74) is 0. The summed E-state index contributed by atoms with van der Waals surface area (Å²) < 4.78 is 6.91. The average Bonchev–Trinajstić information content (AvgIpc) is 2.54. The van der Waals surface area contributed by atoms with Crippen molar-refractivity contribution >= 4 is 37.8 Å². The van der Waals surface area contributed by atoms with Gasteiger partial charge in [0.05, 0.1) is 17.6 Å². The zero-order valence-corrected chi connectivity index (χ0v) is 13.5. The predicted molar refractivity (Wildman–Crippen MR) is 75.6 cm³/mol. The molecule has 0 amide bonds. The predicted octanol–water partition coefficient (Wildman–Crippen LogP) is 2.25. The maximum absolute atomic E-state index is 10.8. The van der Waals surface area contributed by atoms with Crippen molar-refractivity contribution in [1.29, 1.82) is 0 Å². The number of aliphatic carboxylic acids is 1. The highest BCUT2D eigenvalue weighted by molar-refractivity contribution is 9.13. The minimum atomic E-state index is -0.835. The topological polar surface area (TPSA) is 56.9 Å². The number of halogens is 2. The smallest absolute Gasteiger partial charge is 0.317 e. The van der Waals surface area contributed by atoms with E-state index in [9.17, 15) is 4.79 Å². The van der Waals surface area contributed by atoms with E-state index in [-0.39, 0.29) is 6.54 Å². The van der Waals surface area contributed by atoms with Gasteiger partial charge in [-0.15, -0.1) is 0 Å². The molecule has 0 atom stereocenters. The van der Waals surface area contributed by atoms with E-state index in [0.717, 1.165) is 16.8 Å². The molecule has 102 valence electrons. The molecule has 0 saturated carbocycles. The van der Waals surface area contributed by atoms with E-state index in [1.165, 1.54) is 0 Å². The second-order valence-corrected chi connectivity index (χ2v) is 5.82. The van der Waals surface area contributed by atoms with Gasteiger partial charge in [0.1, 0.15) is 5.76 Å². The van der Waals surface area contributed by atoms with Crippen LogP contribution in [0.5, 0.6) is 0 Å². The molecular weight excluding hydrogens is 368 g/mol. The molecular formula is C11H16Br2N2O3. The van der Waals surface area contributed by atoms with Gasteiger partial charge in [-0.05, 0) is 52.0 Å². The van der Waals surface area contributed by atoms with Gasteiger partial charge in [0.25, 0.3) is 0 Å². The van der Waals surface area contributed by atoms with Crippen molar-refractivity contribution in [3.8, 4) is 0 Å². The van der Waals surface area contributed by atoms with Crippen LogP contribution in [0.1, 0.15) is 5.76 Å². The van der Waals surface area contributed by atoms with Crippen LogP contribution in [-0.2, 0) is 11.3 Å². The molecule has 0 aromatic carbocycles. The monoisotopic (exact) mass is 382 g/mol. The molecule has 5 nitrogen and oxygen atoms in total.